The molecule has 2 aliphatic heterocycles. The van der Waals surface area contributed by atoms with E-state index in [1.165, 1.54) is 33.5 Å². The summed E-state index contributed by atoms with van der Waals surface area (Å²) in [5.41, 5.74) is 8.02. The van der Waals surface area contributed by atoms with Crippen LogP contribution in [-0.2, 0) is 21.3 Å². The molecule has 0 unspecified atom stereocenters. The largest absolute Gasteiger partial charge is 0.497 e. The van der Waals surface area contributed by atoms with Crippen molar-refractivity contribution in [2.45, 2.75) is 71.6 Å². The van der Waals surface area contributed by atoms with Gasteiger partial charge in [-0.25, -0.2) is 0 Å². The van der Waals surface area contributed by atoms with Gasteiger partial charge in [0.15, 0.2) is 0 Å². The van der Waals surface area contributed by atoms with E-state index in [4.69, 9.17) is 14.0 Å². The van der Waals surface area contributed by atoms with Gasteiger partial charge in [0.25, 0.3) is 0 Å². The summed E-state index contributed by atoms with van der Waals surface area (Å²) in [6.45, 7) is 17.1. The molecule has 0 bridgehead atoms. The van der Waals surface area contributed by atoms with E-state index in [-0.39, 0.29) is 16.6 Å². The molecule has 0 aliphatic carbocycles. The molecule has 1 fully saturated rings. The van der Waals surface area contributed by atoms with Crippen LogP contribution in [0.1, 0.15) is 58.2 Å². The molecule has 36 heavy (non-hydrogen) atoms. The average molecular weight is 483 g/mol. The molecule has 2 heterocycles. The summed E-state index contributed by atoms with van der Waals surface area (Å²) >= 11 is 0. The van der Waals surface area contributed by atoms with E-state index < -0.39 is 7.12 Å². The molecule has 0 spiro atoms. The van der Waals surface area contributed by atoms with E-state index in [0.29, 0.717) is 0 Å². The van der Waals surface area contributed by atoms with Gasteiger partial charge in [0.2, 0.25) is 0 Å². The Balaban J connectivity index is 1.61. The van der Waals surface area contributed by atoms with E-state index in [9.17, 15) is 0 Å². The molecule has 5 rings (SSSR count). The zero-order valence-corrected chi connectivity index (χ0v) is 22.9. The van der Waals surface area contributed by atoms with Crippen LogP contribution in [0.4, 0.5) is 5.69 Å². The van der Waals surface area contributed by atoms with E-state index in [1.54, 1.807) is 7.11 Å². The lowest BCUT2D eigenvalue weighted by Crippen LogP contribution is -2.41. The number of ether oxygens (including phenoxy) is 1. The Labute approximate surface area is 216 Å². The van der Waals surface area contributed by atoms with Gasteiger partial charge in [-0.05, 0) is 75.0 Å². The van der Waals surface area contributed by atoms with Gasteiger partial charge in [0, 0.05) is 29.8 Å². The fourth-order valence-corrected chi connectivity index (χ4v) is 5.49. The lowest BCUT2D eigenvalue weighted by Gasteiger charge is -2.32. The number of rotatable bonds is 5. The first kappa shape index (κ1) is 24.9. The number of hydrogen-bond donors (Lipinski definition) is 0. The second kappa shape index (κ2) is 8.67. The van der Waals surface area contributed by atoms with Gasteiger partial charge in [-0.15, -0.1) is 0 Å². The zero-order chi connectivity index (χ0) is 25.9. The third-order valence-electron chi connectivity index (χ3n) is 8.18. The Morgan fingerprint density at radius 1 is 0.861 bits per heavy atom. The third-order valence-corrected chi connectivity index (χ3v) is 8.18. The van der Waals surface area contributed by atoms with Gasteiger partial charge < -0.3 is 18.9 Å². The highest BCUT2D eigenvalue weighted by Gasteiger charge is 2.52. The van der Waals surface area contributed by atoms with Crippen LogP contribution < -0.4 is 15.1 Å². The Morgan fingerprint density at radius 2 is 1.50 bits per heavy atom. The minimum absolute atomic E-state index is 0.0435. The van der Waals surface area contributed by atoms with Crippen molar-refractivity contribution in [3.8, 4) is 16.9 Å². The van der Waals surface area contributed by atoms with Gasteiger partial charge in [0.1, 0.15) is 5.75 Å². The Kier molecular flexibility index (Phi) is 6.00. The van der Waals surface area contributed by atoms with E-state index in [0.717, 1.165) is 24.3 Å². The number of nitrogens with zero attached hydrogens (tertiary/aromatic N) is 1. The molecule has 1 saturated heterocycles. The smallest absolute Gasteiger partial charge is 0.495 e. The predicted molar refractivity (Wildman–Crippen MR) is 149 cm³/mol. The van der Waals surface area contributed by atoms with Crippen LogP contribution in [0, 0.1) is 6.92 Å². The first-order chi connectivity index (χ1) is 16.9. The number of methoxy groups -OCH3 is 1. The van der Waals surface area contributed by atoms with Crippen molar-refractivity contribution >= 4 is 18.3 Å². The van der Waals surface area contributed by atoms with Gasteiger partial charge in [-0.3, -0.25) is 0 Å². The normalized spacial score (nSPS) is 19.4. The molecule has 2 aliphatic rings. The van der Waals surface area contributed by atoms with Crippen molar-refractivity contribution in [3.05, 3.63) is 77.4 Å². The number of aryl methyl sites for hydroxylation is 1. The minimum atomic E-state index is -0.410. The lowest BCUT2D eigenvalue weighted by atomic mass is 9.73. The molecule has 0 amide bonds. The van der Waals surface area contributed by atoms with Crippen molar-refractivity contribution in [2.24, 2.45) is 0 Å². The number of hydrogen-bond acceptors (Lipinski definition) is 4. The molecule has 0 aromatic heterocycles. The second-order valence-electron chi connectivity index (χ2n) is 12.0. The Morgan fingerprint density at radius 3 is 2.14 bits per heavy atom. The molecule has 0 N–H and O–H groups in total. The van der Waals surface area contributed by atoms with Crippen molar-refractivity contribution in [1.29, 1.82) is 0 Å². The van der Waals surface area contributed by atoms with Crippen molar-refractivity contribution in [2.75, 3.05) is 18.6 Å². The van der Waals surface area contributed by atoms with Crippen LogP contribution in [0.3, 0.4) is 0 Å². The Bertz CT molecular complexity index is 1260. The highest BCUT2D eigenvalue weighted by Crippen LogP contribution is 2.47. The predicted octanol–water partition coefficient (Wildman–Crippen LogP) is 6.27. The second-order valence-corrected chi connectivity index (χ2v) is 12.0. The molecule has 188 valence electrons. The van der Waals surface area contributed by atoms with E-state index in [2.05, 4.69) is 102 Å². The quantitative estimate of drug-likeness (QED) is 0.401. The third kappa shape index (κ3) is 4.23. The summed E-state index contributed by atoms with van der Waals surface area (Å²) in [6, 6.07) is 21.7. The van der Waals surface area contributed by atoms with Gasteiger partial charge in [0.05, 0.1) is 18.3 Å². The molecule has 0 radical (unpaired) electrons. The fourth-order valence-electron chi connectivity index (χ4n) is 5.49. The zero-order valence-electron chi connectivity index (χ0n) is 22.9. The summed E-state index contributed by atoms with van der Waals surface area (Å²) < 4.78 is 18.4. The first-order valence-corrected chi connectivity index (χ1v) is 12.9. The lowest BCUT2D eigenvalue weighted by molar-refractivity contribution is 0.00578. The van der Waals surface area contributed by atoms with Crippen molar-refractivity contribution < 1.29 is 14.0 Å². The summed E-state index contributed by atoms with van der Waals surface area (Å²) in [5, 5.41) is 0. The highest BCUT2D eigenvalue weighted by atomic mass is 16.7. The molecule has 3 aromatic carbocycles. The number of fused-ring (bicyclic) bond motifs is 1. The SMILES string of the molecule is COc1ccc(CN2CC(C)(C)c3cc(C)cc(-c4ccccc4B4OC(C)(C)C(C)(C)O4)c32)cc1. The van der Waals surface area contributed by atoms with Crippen LogP contribution in [-0.4, -0.2) is 32.0 Å². The van der Waals surface area contributed by atoms with E-state index in [1.807, 2.05) is 12.1 Å². The van der Waals surface area contributed by atoms with Crippen LogP contribution >= 0.6 is 0 Å². The molecule has 5 heteroatoms. The maximum Gasteiger partial charge on any atom is 0.495 e. The maximum atomic E-state index is 6.50. The van der Waals surface area contributed by atoms with Crippen molar-refractivity contribution in [3.63, 3.8) is 0 Å². The van der Waals surface area contributed by atoms with Crippen LogP contribution in [0.5, 0.6) is 5.75 Å². The average Bonchev–Trinajstić information content (AvgIpc) is 3.20. The molecular weight excluding hydrogens is 445 g/mol. The van der Waals surface area contributed by atoms with Gasteiger partial charge >= 0.3 is 7.12 Å². The monoisotopic (exact) mass is 483 g/mol. The van der Waals surface area contributed by atoms with Crippen molar-refractivity contribution in [1.82, 2.24) is 0 Å². The maximum absolute atomic E-state index is 6.50. The topological polar surface area (TPSA) is 30.9 Å². The van der Waals surface area contributed by atoms with Gasteiger partial charge in [-0.1, -0.05) is 61.9 Å². The summed E-state index contributed by atoms with van der Waals surface area (Å²) in [5.74, 6) is 0.883. The van der Waals surface area contributed by atoms with E-state index >= 15 is 0 Å². The highest BCUT2D eigenvalue weighted by molar-refractivity contribution is 6.64. The first-order valence-electron chi connectivity index (χ1n) is 12.9. The minimum Gasteiger partial charge on any atom is -0.497 e. The van der Waals surface area contributed by atoms with Crippen LogP contribution in [0.15, 0.2) is 60.7 Å². The number of benzene rings is 3. The fraction of sp³-hybridized carbons (Fsp3) is 0.419. The summed E-state index contributed by atoms with van der Waals surface area (Å²) in [7, 11) is 1.30. The van der Waals surface area contributed by atoms with Crippen LogP contribution in [0.2, 0.25) is 0 Å². The standard InChI is InChI=1S/C31H38BNO3/c1-21-17-25(24-11-9-10-12-27(24)32-35-30(4,5)31(6,7)36-32)28-26(18-21)29(2,3)20-33(28)19-22-13-15-23(34-8)16-14-22/h9-18H,19-20H2,1-8H3. The molecule has 3 aromatic rings. The van der Waals surface area contributed by atoms with Crippen LogP contribution in [0.25, 0.3) is 11.1 Å². The summed E-state index contributed by atoms with van der Waals surface area (Å²) in [4.78, 5) is 2.53. The summed E-state index contributed by atoms with van der Waals surface area (Å²) in [6.07, 6.45) is 0. The van der Waals surface area contributed by atoms with Gasteiger partial charge in [-0.2, -0.15) is 0 Å². The molecule has 0 saturated carbocycles. The number of anilines is 1. The molecule has 0 atom stereocenters. The molecule has 4 nitrogen and oxygen atoms in total. The molecular formula is C31H38BNO3. The Hall–Kier alpha value is -2.76.